The summed E-state index contributed by atoms with van der Waals surface area (Å²) in [7, 11) is -0.0807. The van der Waals surface area contributed by atoms with E-state index in [1.165, 1.54) is 23.5 Å². The summed E-state index contributed by atoms with van der Waals surface area (Å²) < 4.78 is 32.5. The highest BCUT2D eigenvalue weighted by Gasteiger charge is 2.21. The van der Waals surface area contributed by atoms with Gasteiger partial charge in [-0.05, 0) is 75.0 Å². The van der Waals surface area contributed by atoms with E-state index in [1.807, 2.05) is 7.05 Å². The Balaban J connectivity index is 1.78. The molecule has 0 fully saturated rings. The number of nitrogens with zero attached hydrogens (tertiary/aromatic N) is 2. The van der Waals surface area contributed by atoms with Gasteiger partial charge < -0.3 is 4.74 Å². The summed E-state index contributed by atoms with van der Waals surface area (Å²) >= 11 is 5.85. The van der Waals surface area contributed by atoms with Gasteiger partial charge in [0, 0.05) is 12.1 Å². The van der Waals surface area contributed by atoms with Gasteiger partial charge in [-0.1, -0.05) is 30.4 Å². The lowest BCUT2D eigenvalue weighted by Gasteiger charge is -2.20. The smallest absolute Gasteiger partial charge is 0.264 e. The molecule has 0 saturated heterocycles. The van der Waals surface area contributed by atoms with Crippen molar-refractivity contribution in [3.05, 3.63) is 53.6 Å². The first-order chi connectivity index (χ1) is 14.3. The van der Waals surface area contributed by atoms with Crippen LogP contribution in [0.1, 0.15) is 25.7 Å². The zero-order valence-corrected chi connectivity index (χ0v) is 19.1. The number of unbranched alkanes of at least 4 members (excludes halogenated alkanes) is 3. The van der Waals surface area contributed by atoms with E-state index >= 15 is 0 Å². The van der Waals surface area contributed by atoms with E-state index in [4.69, 9.17) is 22.8 Å². The fourth-order valence-electron chi connectivity index (χ4n) is 2.92. The van der Waals surface area contributed by atoms with E-state index < -0.39 is 10.0 Å². The van der Waals surface area contributed by atoms with Gasteiger partial charge in [0.2, 0.25) is 0 Å². The first kappa shape index (κ1) is 24.1. The molecule has 0 atom stereocenters. The molecular weight excluding hydrogens is 420 g/mol. The molecule has 162 valence electrons. The summed E-state index contributed by atoms with van der Waals surface area (Å²) in [5.41, 5.74) is 0.563. The Morgan fingerprint density at radius 1 is 0.967 bits per heavy atom. The van der Waals surface area contributed by atoms with Crippen molar-refractivity contribution in [1.29, 1.82) is 0 Å². The second-order valence-electron chi connectivity index (χ2n) is 7.12. The molecule has 0 amide bonds. The van der Waals surface area contributed by atoms with E-state index in [-0.39, 0.29) is 4.90 Å². The van der Waals surface area contributed by atoms with Crippen molar-refractivity contribution >= 4 is 27.3 Å². The third-order valence-electron chi connectivity index (χ3n) is 4.74. The van der Waals surface area contributed by atoms with Gasteiger partial charge in [0.1, 0.15) is 5.75 Å². The van der Waals surface area contributed by atoms with E-state index in [0.29, 0.717) is 23.9 Å². The van der Waals surface area contributed by atoms with Gasteiger partial charge in [0.15, 0.2) is 0 Å². The lowest BCUT2D eigenvalue weighted by molar-refractivity contribution is 0.300. The van der Waals surface area contributed by atoms with Gasteiger partial charge in [0.05, 0.1) is 23.7 Å². The molecule has 0 aliphatic carbocycles. The van der Waals surface area contributed by atoms with Gasteiger partial charge in [-0.2, -0.15) is 0 Å². The molecule has 0 N–H and O–H groups in total. The number of halogens is 1. The van der Waals surface area contributed by atoms with Gasteiger partial charge in [-0.15, -0.1) is 6.42 Å². The SMILES string of the molecule is C#CCN(C)CCCCCCOc1ccc(N(C)S(=O)(=O)c2ccc(Cl)cc2)cc1. The molecule has 0 aliphatic heterocycles. The molecular formula is C23H29ClN2O3S. The van der Waals surface area contributed by atoms with E-state index in [9.17, 15) is 8.42 Å². The van der Waals surface area contributed by atoms with Gasteiger partial charge in [-0.3, -0.25) is 9.21 Å². The third kappa shape index (κ3) is 7.24. The van der Waals surface area contributed by atoms with Crippen molar-refractivity contribution in [2.24, 2.45) is 0 Å². The maximum Gasteiger partial charge on any atom is 0.264 e. The van der Waals surface area contributed by atoms with E-state index in [2.05, 4.69) is 10.8 Å². The molecule has 0 bridgehead atoms. The highest BCUT2D eigenvalue weighted by Crippen LogP contribution is 2.25. The molecule has 2 aromatic carbocycles. The monoisotopic (exact) mass is 448 g/mol. The highest BCUT2D eigenvalue weighted by molar-refractivity contribution is 7.92. The van der Waals surface area contributed by atoms with Crippen LogP contribution in [0.2, 0.25) is 5.02 Å². The summed E-state index contributed by atoms with van der Waals surface area (Å²) in [6.07, 6.45) is 9.64. The van der Waals surface area contributed by atoms with Crippen molar-refractivity contribution in [3.8, 4) is 18.1 Å². The van der Waals surface area contributed by atoms with Crippen molar-refractivity contribution in [1.82, 2.24) is 4.90 Å². The number of terminal acetylenes is 1. The Morgan fingerprint density at radius 2 is 1.60 bits per heavy atom. The molecule has 0 radical (unpaired) electrons. The summed E-state index contributed by atoms with van der Waals surface area (Å²) in [6, 6.07) is 13.2. The van der Waals surface area contributed by atoms with Gasteiger partial charge in [-0.25, -0.2) is 8.42 Å². The quantitative estimate of drug-likeness (QED) is 0.349. The summed E-state index contributed by atoms with van der Waals surface area (Å²) in [4.78, 5) is 2.34. The van der Waals surface area contributed by atoms with Crippen LogP contribution in [0.3, 0.4) is 0 Å². The minimum absolute atomic E-state index is 0.195. The van der Waals surface area contributed by atoms with Crippen LogP contribution < -0.4 is 9.04 Å². The fourth-order valence-corrected chi connectivity index (χ4v) is 4.24. The molecule has 0 heterocycles. The fraction of sp³-hybridized carbons (Fsp3) is 0.391. The minimum atomic E-state index is -3.64. The molecule has 2 rings (SSSR count). The Bertz CT molecular complexity index is 922. The normalized spacial score (nSPS) is 11.3. The molecule has 2 aromatic rings. The predicted molar refractivity (Wildman–Crippen MR) is 124 cm³/mol. The number of hydrogen-bond acceptors (Lipinski definition) is 4. The number of hydrogen-bond donors (Lipinski definition) is 0. The van der Waals surface area contributed by atoms with Crippen molar-refractivity contribution in [2.75, 3.05) is 38.1 Å². The summed E-state index contributed by atoms with van der Waals surface area (Å²) in [5.74, 6) is 3.37. The van der Waals surface area contributed by atoms with Gasteiger partial charge >= 0.3 is 0 Å². The largest absolute Gasteiger partial charge is 0.494 e. The molecule has 0 aromatic heterocycles. The number of sulfonamides is 1. The summed E-state index contributed by atoms with van der Waals surface area (Å²) in [6.45, 7) is 2.34. The molecule has 5 nitrogen and oxygen atoms in total. The zero-order valence-electron chi connectivity index (χ0n) is 17.6. The first-order valence-corrected chi connectivity index (χ1v) is 11.8. The Labute approximate surface area is 185 Å². The van der Waals surface area contributed by atoms with Crippen LogP contribution in [-0.4, -0.2) is 47.1 Å². The predicted octanol–water partition coefficient (Wildman–Crippen LogP) is 4.67. The topological polar surface area (TPSA) is 49.9 Å². The van der Waals surface area contributed by atoms with Crippen LogP contribution in [0.15, 0.2) is 53.4 Å². The maximum atomic E-state index is 12.7. The average molecular weight is 449 g/mol. The second kappa shape index (κ2) is 11.8. The van der Waals surface area contributed by atoms with Crippen LogP contribution in [-0.2, 0) is 10.0 Å². The highest BCUT2D eigenvalue weighted by atomic mass is 35.5. The Morgan fingerprint density at radius 3 is 2.23 bits per heavy atom. The van der Waals surface area contributed by atoms with Crippen LogP contribution in [0.25, 0.3) is 0 Å². The third-order valence-corrected chi connectivity index (χ3v) is 6.79. The zero-order chi connectivity index (χ0) is 22.0. The second-order valence-corrected chi connectivity index (χ2v) is 9.53. The van der Waals surface area contributed by atoms with Crippen LogP contribution in [0.5, 0.6) is 5.75 Å². The number of benzene rings is 2. The maximum absolute atomic E-state index is 12.7. The Kier molecular flexibility index (Phi) is 9.51. The lowest BCUT2D eigenvalue weighted by Crippen LogP contribution is -2.26. The van der Waals surface area contributed by atoms with E-state index in [0.717, 1.165) is 38.0 Å². The molecule has 0 spiro atoms. The standard InChI is InChI=1S/C23H29ClN2O3S/c1-4-17-25(2)18-7-5-6-8-19-29-22-13-11-21(12-14-22)26(3)30(27,28)23-15-9-20(24)10-16-23/h1,9-16H,5-8,17-19H2,2-3H3. The molecule has 0 unspecified atom stereocenters. The van der Waals surface area contributed by atoms with E-state index in [1.54, 1.807) is 36.4 Å². The molecule has 7 heteroatoms. The Hall–Kier alpha value is -2.20. The van der Waals surface area contributed by atoms with Crippen molar-refractivity contribution in [3.63, 3.8) is 0 Å². The minimum Gasteiger partial charge on any atom is -0.494 e. The van der Waals surface area contributed by atoms with Crippen LogP contribution in [0, 0.1) is 12.3 Å². The molecule has 30 heavy (non-hydrogen) atoms. The van der Waals surface area contributed by atoms with Crippen LogP contribution >= 0.6 is 11.6 Å². The number of ether oxygens (including phenoxy) is 1. The average Bonchev–Trinajstić information content (AvgIpc) is 2.73. The lowest BCUT2D eigenvalue weighted by atomic mass is 10.2. The first-order valence-electron chi connectivity index (χ1n) is 9.94. The summed E-state index contributed by atoms with van der Waals surface area (Å²) in [5, 5.41) is 0.495. The molecule has 0 saturated carbocycles. The molecule has 0 aliphatic rings. The van der Waals surface area contributed by atoms with Crippen molar-refractivity contribution in [2.45, 2.75) is 30.6 Å². The van der Waals surface area contributed by atoms with Crippen LogP contribution in [0.4, 0.5) is 5.69 Å². The number of anilines is 1. The van der Waals surface area contributed by atoms with Gasteiger partial charge in [0.25, 0.3) is 10.0 Å². The number of rotatable bonds is 12. The van der Waals surface area contributed by atoms with Crippen molar-refractivity contribution < 1.29 is 13.2 Å².